The molecule has 1 N–H and O–H groups in total. The maximum atomic E-state index is 12.2. The van der Waals surface area contributed by atoms with Crippen LogP contribution in [0.2, 0.25) is 0 Å². The Morgan fingerprint density at radius 1 is 1.03 bits per heavy atom. The molecule has 8 heteroatoms. The Morgan fingerprint density at radius 2 is 1.93 bits per heavy atom. The summed E-state index contributed by atoms with van der Waals surface area (Å²) in [5, 5.41) is 3.94. The van der Waals surface area contributed by atoms with E-state index in [9.17, 15) is 9.59 Å². The third kappa shape index (κ3) is 4.74. The second-order valence-corrected chi connectivity index (χ2v) is 6.11. The van der Waals surface area contributed by atoms with E-state index in [-0.39, 0.29) is 6.79 Å². The Morgan fingerprint density at radius 3 is 2.80 bits per heavy atom. The van der Waals surface area contributed by atoms with Gasteiger partial charge in [0, 0.05) is 11.6 Å². The van der Waals surface area contributed by atoms with Gasteiger partial charge < -0.3 is 18.6 Å². The Kier molecular flexibility index (Phi) is 5.56. The number of hydrogen-bond acceptors (Lipinski definition) is 7. The highest BCUT2D eigenvalue weighted by molar-refractivity contribution is 5.95. The first kappa shape index (κ1) is 19.0. The lowest BCUT2D eigenvalue weighted by Crippen LogP contribution is -2.17. The number of nitrogens with one attached hydrogen (secondary N) is 1. The molecular formula is C22H16N2O6. The standard InChI is InChI=1S/C22H16N2O6/c25-21(9-7-17-5-2-10-27-17)30-18-4-1-3-15(11-18)13-23-24-22(26)16-6-8-19-20(12-16)29-14-28-19/h1-13H,14H2,(H,24,26). The molecule has 0 atom stereocenters. The predicted octanol–water partition coefficient (Wildman–Crippen LogP) is 3.39. The number of furan rings is 1. The quantitative estimate of drug-likeness (QED) is 0.222. The fraction of sp³-hybridized carbons (Fsp3) is 0.0455. The van der Waals surface area contributed by atoms with E-state index < -0.39 is 11.9 Å². The van der Waals surface area contributed by atoms with Gasteiger partial charge >= 0.3 is 5.97 Å². The molecule has 0 unspecified atom stereocenters. The molecular weight excluding hydrogens is 388 g/mol. The molecule has 0 radical (unpaired) electrons. The van der Waals surface area contributed by atoms with Gasteiger partial charge in [0.25, 0.3) is 5.91 Å². The highest BCUT2D eigenvalue weighted by Gasteiger charge is 2.15. The van der Waals surface area contributed by atoms with Crippen LogP contribution in [0, 0.1) is 0 Å². The molecule has 0 fully saturated rings. The summed E-state index contributed by atoms with van der Waals surface area (Å²) in [6, 6.07) is 15.0. The lowest BCUT2D eigenvalue weighted by Gasteiger charge is -2.03. The van der Waals surface area contributed by atoms with Crippen molar-refractivity contribution in [1.82, 2.24) is 5.43 Å². The van der Waals surface area contributed by atoms with Crippen molar-refractivity contribution in [2.45, 2.75) is 0 Å². The molecule has 2 heterocycles. The number of fused-ring (bicyclic) bond motifs is 1. The summed E-state index contributed by atoms with van der Waals surface area (Å²) in [4.78, 5) is 24.1. The highest BCUT2D eigenvalue weighted by Crippen LogP contribution is 2.32. The second-order valence-electron chi connectivity index (χ2n) is 6.11. The lowest BCUT2D eigenvalue weighted by molar-refractivity contribution is -0.128. The summed E-state index contributed by atoms with van der Waals surface area (Å²) in [5.74, 6) is 1.07. The van der Waals surface area contributed by atoms with Crippen molar-refractivity contribution in [2.75, 3.05) is 6.79 Å². The van der Waals surface area contributed by atoms with Crippen LogP contribution < -0.4 is 19.6 Å². The number of esters is 1. The number of benzene rings is 2. The van der Waals surface area contributed by atoms with Gasteiger partial charge in [-0.15, -0.1) is 0 Å². The number of amides is 1. The fourth-order valence-corrected chi connectivity index (χ4v) is 2.61. The van der Waals surface area contributed by atoms with E-state index in [2.05, 4.69) is 10.5 Å². The summed E-state index contributed by atoms with van der Waals surface area (Å²) in [7, 11) is 0. The number of nitrogens with zero attached hydrogens (tertiary/aromatic N) is 1. The lowest BCUT2D eigenvalue weighted by atomic mass is 10.2. The zero-order chi connectivity index (χ0) is 20.8. The number of ether oxygens (including phenoxy) is 3. The molecule has 4 rings (SSSR count). The molecule has 1 aromatic heterocycles. The van der Waals surface area contributed by atoms with Crippen molar-refractivity contribution in [3.8, 4) is 17.2 Å². The van der Waals surface area contributed by atoms with Crippen LogP contribution in [0.25, 0.3) is 6.08 Å². The van der Waals surface area contributed by atoms with Gasteiger partial charge in [-0.1, -0.05) is 12.1 Å². The minimum atomic E-state index is -0.545. The van der Waals surface area contributed by atoms with Crippen molar-refractivity contribution in [3.05, 3.63) is 83.8 Å². The van der Waals surface area contributed by atoms with Crippen LogP contribution in [0.4, 0.5) is 0 Å². The van der Waals surface area contributed by atoms with Gasteiger partial charge in [0.1, 0.15) is 11.5 Å². The minimum absolute atomic E-state index is 0.137. The zero-order valence-electron chi connectivity index (χ0n) is 15.6. The van der Waals surface area contributed by atoms with Crippen LogP contribution in [-0.2, 0) is 4.79 Å². The molecule has 1 aliphatic rings. The Labute approximate surface area is 171 Å². The first-order chi connectivity index (χ1) is 14.7. The van der Waals surface area contributed by atoms with Crippen LogP contribution >= 0.6 is 0 Å². The maximum Gasteiger partial charge on any atom is 0.336 e. The van der Waals surface area contributed by atoms with E-state index in [4.69, 9.17) is 18.6 Å². The van der Waals surface area contributed by atoms with Crippen molar-refractivity contribution >= 4 is 24.2 Å². The molecule has 0 saturated heterocycles. The summed E-state index contributed by atoms with van der Waals surface area (Å²) in [5.41, 5.74) is 3.47. The van der Waals surface area contributed by atoms with Gasteiger partial charge in [0.15, 0.2) is 11.5 Å². The van der Waals surface area contributed by atoms with Gasteiger partial charge in [0.2, 0.25) is 6.79 Å². The average molecular weight is 404 g/mol. The number of carbonyl (C=O) groups excluding carboxylic acids is 2. The maximum absolute atomic E-state index is 12.2. The Balaban J connectivity index is 1.34. The third-order valence-corrected chi connectivity index (χ3v) is 4.02. The van der Waals surface area contributed by atoms with Crippen LogP contribution in [0.5, 0.6) is 17.2 Å². The summed E-state index contributed by atoms with van der Waals surface area (Å²) >= 11 is 0. The van der Waals surface area contributed by atoms with E-state index in [1.54, 1.807) is 54.6 Å². The van der Waals surface area contributed by atoms with Gasteiger partial charge in [0.05, 0.1) is 12.5 Å². The summed E-state index contributed by atoms with van der Waals surface area (Å²) in [6.45, 7) is 0.137. The van der Waals surface area contributed by atoms with Crippen molar-refractivity contribution in [2.24, 2.45) is 5.10 Å². The van der Waals surface area contributed by atoms with Gasteiger partial charge in [-0.05, 0) is 54.1 Å². The molecule has 150 valence electrons. The van der Waals surface area contributed by atoms with Crippen LogP contribution in [-0.4, -0.2) is 24.9 Å². The Bertz CT molecular complexity index is 1120. The average Bonchev–Trinajstić information content (AvgIpc) is 3.43. The molecule has 0 aliphatic carbocycles. The molecule has 2 aromatic carbocycles. The molecule has 0 saturated carbocycles. The van der Waals surface area contributed by atoms with Gasteiger partial charge in [-0.3, -0.25) is 4.79 Å². The first-order valence-electron chi connectivity index (χ1n) is 8.94. The minimum Gasteiger partial charge on any atom is -0.465 e. The van der Waals surface area contributed by atoms with Gasteiger partial charge in [-0.2, -0.15) is 5.10 Å². The largest absolute Gasteiger partial charge is 0.465 e. The predicted molar refractivity (Wildman–Crippen MR) is 107 cm³/mol. The van der Waals surface area contributed by atoms with E-state index in [0.29, 0.717) is 34.1 Å². The molecule has 3 aromatic rings. The van der Waals surface area contributed by atoms with Crippen molar-refractivity contribution < 1.29 is 28.2 Å². The number of hydrazone groups is 1. The summed E-state index contributed by atoms with van der Waals surface area (Å²) < 4.78 is 20.8. The molecule has 0 spiro atoms. The van der Waals surface area contributed by atoms with Crippen LogP contribution in [0.1, 0.15) is 21.7 Å². The van der Waals surface area contributed by atoms with Crippen LogP contribution in [0.15, 0.2) is 76.5 Å². The van der Waals surface area contributed by atoms with Crippen molar-refractivity contribution in [1.29, 1.82) is 0 Å². The van der Waals surface area contributed by atoms with E-state index >= 15 is 0 Å². The number of hydrogen-bond donors (Lipinski definition) is 1. The molecule has 1 aliphatic heterocycles. The smallest absolute Gasteiger partial charge is 0.336 e. The zero-order valence-corrected chi connectivity index (χ0v) is 15.6. The molecule has 30 heavy (non-hydrogen) atoms. The van der Waals surface area contributed by atoms with E-state index in [1.165, 1.54) is 24.6 Å². The Hall–Kier alpha value is -4.33. The van der Waals surface area contributed by atoms with Crippen molar-refractivity contribution in [3.63, 3.8) is 0 Å². The third-order valence-electron chi connectivity index (χ3n) is 4.02. The normalized spacial score (nSPS) is 12.4. The highest BCUT2D eigenvalue weighted by atomic mass is 16.7. The first-order valence-corrected chi connectivity index (χ1v) is 8.94. The summed E-state index contributed by atoms with van der Waals surface area (Å²) in [6.07, 6.45) is 5.74. The number of rotatable bonds is 6. The monoisotopic (exact) mass is 404 g/mol. The number of carbonyl (C=O) groups is 2. The van der Waals surface area contributed by atoms with Gasteiger partial charge in [-0.25, -0.2) is 10.2 Å². The molecule has 8 nitrogen and oxygen atoms in total. The molecule has 1 amide bonds. The SMILES string of the molecule is O=C(C=Cc1ccco1)Oc1cccc(C=NNC(=O)c2ccc3c(c2)OCO3)c1. The topological polar surface area (TPSA) is 99.4 Å². The second kappa shape index (κ2) is 8.78. The fourth-order valence-electron chi connectivity index (χ4n) is 2.61. The molecule has 0 bridgehead atoms. The van der Waals surface area contributed by atoms with Crippen LogP contribution in [0.3, 0.4) is 0 Å². The van der Waals surface area contributed by atoms with E-state index in [0.717, 1.165) is 0 Å². The van der Waals surface area contributed by atoms with E-state index in [1.807, 2.05) is 0 Å².